The minimum atomic E-state index is -0.975. The minimum Gasteiger partial charge on any atom is -0.478 e. The Kier molecular flexibility index (Phi) is 3.30. The van der Waals surface area contributed by atoms with Crippen LogP contribution in [-0.4, -0.2) is 58.0 Å². The molecule has 1 aromatic heterocycles. The summed E-state index contributed by atoms with van der Waals surface area (Å²) in [6.07, 6.45) is 0. The first-order chi connectivity index (χ1) is 9.75. The van der Waals surface area contributed by atoms with Crippen molar-refractivity contribution in [2.24, 2.45) is 0 Å². The minimum absolute atomic E-state index is 0.231. The lowest BCUT2D eigenvalue weighted by Gasteiger charge is -2.30. The van der Waals surface area contributed by atoms with Crippen LogP contribution in [0.3, 0.4) is 0 Å². The maximum absolute atomic E-state index is 11.5. The van der Waals surface area contributed by atoms with E-state index in [4.69, 9.17) is 4.74 Å². The number of tetrazole rings is 1. The van der Waals surface area contributed by atoms with Crippen molar-refractivity contribution < 1.29 is 14.6 Å². The lowest BCUT2D eigenvalue weighted by atomic mass is 10.1. The number of aromatic nitrogens is 4. The molecule has 8 heteroatoms. The van der Waals surface area contributed by atoms with E-state index >= 15 is 0 Å². The van der Waals surface area contributed by atoms with Crippen molar-refractivity contribution in [1.82, 2.24) is 20.6 Å². The van der Waals surface area contributed by atoms with Crippen molar-refractivity contribution in [3.63, 3.8) is 0 Å². The van der Waals surface area contributed by atoms with Crippen molar-refractivity contribution >= 4 is 11.7 Å². The average Bonchev–Trinajstić information content (AvgIpc) is 3.02. The lowest BCUT2D eigenvalue weighted by Crippen LogP contribution is -2.37. The first-order valence-corrected chi connectivity index (χ1v) is 6.19. The molecule has 3 rings (SSSR count). The van der Waals surface area contributed by atoms with E-state index < -0.39 is 5.97 Å². The van der Waals surface area contributed by atoms with E-state index in [2.05, 4.69) is 20.6 Å². The summed E-state index contributed by atoms with van der Waals surface area (Å²) in [5, 5.41) is 22.9. The largest absolute Gasteiger partial charge is 0.478 e. The molecule has 1 fully saturated rings. The van der Waals surface area contributed by atoms with Gasteiger partial charge < -0.3 is 14.7 Å². The quantitative estimate of drug-likeness (QED) is 0.835. The Morgan fingerprint density at radius 2 is 2.15 bits per heavy atom. The molecule has 2 aromatic rings. The van der Waals surface area contributed by atoms with Gasteiger partial charge >= 0.3 is 5.97 Å². The van der Waals surface area contributed by atoms with E-state index in [0.29, 0.717) is 43.4 Å². The smallest absolute Gasteiger partial charge is 0.337 e. The second-order valence-electron chi connectivity index (χ2n) is 4.37. The number of hydrogen-bond acceptors (Lipinski definition) is 6. The monoisotopic (exact) mass is 275 g/mol. The standard InChI is InChI=1S/C12H13N5O3/c18-12(19)9-7-8(11-13-15-16-14-11)1-2-10(9)17-3-5-20-6-4-17/h1-2,7H,3-6H2,(H,18,19)(H,13,14,15,16). The molecule has 0 aliphatic carbocycles. The second-order valence-corrected chi connectivity index (χ2v) is 4.37. The van der Waals surface area contributed by atoms with Crippen molar-refractivity contribution in [3.8, 4) is 11.4 Å². The van der Waals surface area contributed by atoms with Gasteiger partial charge in [-0.05, 0) is 23.4 Å². The molecule has 8 nitrogen and oxygen atoms in total. The highest BCUT2D eigenvalue weighted by Gasteiger charge is 2.19. The fourth-order valence-electron chi connectivity index (χ4n) is 2.21. The number of benzene rings is 1. The maximum atomic E-state index is 11.5. The number of aromatic amines is 1. The maximum Gasteiger partial charge on any atom is 0.337 e. The van der Waals surface area contributed by atoms with Crippen LogP contribution >= 0.6 is 0 Å². The van der Waals surface area contributed by atoms with Crippen LogP contribution in [0.5, 0.6) is 0 Å². The Balaban J connectivity index is 2.00. The van der Waals surface area contributed by atoms with Gasteiger partial charge in [-0.15, -0.1) is 10.2 Å². The molecule has 104 valence electrons. The number of ether oxygens (including phenoxy) is 1. The molecule has 0 amide bonds. The number of morpholine rings is 1. The van der Waals surface area contributed by atoms with Gasteiger partial charge in [0.1, 0.15) is 0 Å². The van der Waals surface area contributed by atoms with E-state index in [1.165, 1.54) is 0 Å². The third-order valence-electron chi connectivity index (χ3n) is 3.18. The van der Waals surface area contributed by atoms with Crippen LogP contribution in [0.2, 0.25) is 0 Å². The molecular weight excluding hydrogens is 262 g/mol. The summed E-state index contributed by atoms with van der Waals surface area (Å²) in [6, 6.07) is 5.14. The Hall–Kier alpha value is -2.48. The van der Waals surface area contributed by atoms with Gasteiger partial charge in [-0.3, -0.25) is 0 Å². The number of H-pyrrole nitrogens is 1. The molecule has 1 aromatic carbocycles. The normalized spacial score (nSPS) is 15.3. The zero-order valence-corrected chi connectivity index (χ0v) is 10.6. The van der Waals surface area contributed by atoms with Crippen LogP contribution in [0.25, 0.3) is 11.4 Å². The summed E-state index contributed by atoms with van der Waals surface area (Å²) < 4.78 is 5.28. The van der Waals surface area contributed by atoms with Crippen molar-refractivity contribution in [1.29, 1.82) is 0 Å². The van der Waals surface area contributed by atoms with Gasteiger partial charge in [0.25, 0.3) is 0 Å². The van der Waals surface area contributed by atoms with Crippen molar-refractivity contribution in [2.45, 2.75) is 0 Å². The molecule has 1 aliphatic rings. The summed E-state index contributed by atoms with van der Waals surface area (Å²) in [5.74, 6) is -0.599. The summed E-state index contributed by atoms with van der Waals surface area (Å²) in [6.45, 7) is 2.57. The molecule has 0 saturated carbocycles. The van der Waals surface area contributed by atoms with Gasteiger partial charge in [-0.1, -0.05) is 0 Å². The number of hydrogen-bond donors (Lipinski definition) is 2. The van der Waals surface area contributed by atoms with Crippen LogP contribution in [0.4, 0.5) is 5.69 Å². The summed E-state index contributed by atoms with van der Waals surface area (Å²) in [4.78, 5) is 13.5. The van der Waals surface area contributed by atoms with Crippen molar-refractivity contribution in [2.75, 3.05) is 31.2 Å². The molecule has 0 radical (unpaired) electrons. The van der Waals surface area contributed by atoms with Gasteiger partial charge in [-0.2, -0.15) is 5.21 Å². The summed E-state index contributed by atoms with van der Waals surface area (Å²) >= 11 is 0. The Morgan fingerprint density at radius 1 is 1.35 bits per heavy atom. The number of carbonyl (C=O) groups is 1. The molecule has 0 bridgehead atoms. The Bertz CT molecular complexity index is 608. The highest BCUT2D eigenvalue weighted by molar-refractivity contribution is 5.96. The van der Waals surface area contributed by atoms with Gasteiger partial charge in [-0.25, -0.2) is 4.79 Å². The summed E-state index contributed by atoms with van der Waals surface area (Å²) in [7, 11) is 0. The van der Waals surface area contributed by atoms with E-state index in [0.717, 1.165) is 0 Å². The Labute approximate surface area is 114 Å². The highest BCUT2D eigenvalue weighted by Crippen LogP contribution is 2.26. The highest BCUT2D eigenvalue weighted by atomic mass is 16.5. The fraction of sp³-hybridized carbons (Fsp3) is 0.333. The molecule has 0 unspecified atom stereocenters. The zero-order chi connectivity index (χ0) is 13.9. The zero-order valence-electron chi connectivity index (χ0n) is 10.6. The number of nitrogens with zero attached hydrogens (tertiary/aromatic N) is 4. The molecule has 0 atom stereocenters. The van der Waals surface area contributed by atoms with E-state index in [-0.39, 0.29) is 5.56 Å². The predicted octanol–water partition coefficient (Wildman–Crippen LogP) is 0.401. The summed E-state index contributed by atoms with van der Waals surface area (Å²) in [5.41, 5.74) is 1.54. The number of anilines is 1. The molecular formula is C12H13N5O3. The van der Waals surface area contributed by atoms with Crippen LogP contribution < -0.4 is 4.90 Å². The third-order valence-corrected chi connectivity index (χ3v) is 3.18. The number of rotatable bonds is 3. The number of carboxylic acids is 1. The molecule has 2 N–H and O–H groups in total. The first-order valence-electron chi connectivity index (χ1n) is 6.19. The molecule has 2 heterocycles. The van der Waals surface area contributed by atoms with E-state index in [1.807, 2.05) is 4.90 Å². The second kappa shape index (κ2) is 5.25. The van der Waals surface area contributed by atoms with Gasteiger partial charge in [0.15, 0.2) is 0 Å². The van der Waals surface area contributed by atoms with Gasteiger partial charge in [0.05, 0.1) is 24.5 Å². The lowest BCUT2D eigenvalue weighted by molar-refractivity contribution is 0.0696. The predicted molar refractivity (Wildman–Crippen MR) is 69.6 cm³/mol. The molecule has 1 saturated heterocycles. The van der Waals surface area contributed by atoms with E-state index in [1.54, 1.807) is 18.2 Å². The first kappa shape index (κ1) is 12.5. The Morgan fingerprint density at radius 3 is 2.80 bits per heavy atom. The van der Waals surface area contributed by atoms with Gasteiger partial charge in [0.2, 0.25) is 5.82 Å². The number of carboxylic acid groups (broad SMARTS) is 1. The fourth-order valence-corrected chi connectivity index (χ4v) is 2.21. The molecule has 1 aliphatic heterocycles. The van der Waals surface area contributed by atoms with Crippen LogP contribution in [-0.2, 0) is 4.74 Å². The average molecular weight is 275 g/mol. The third kappa shape index (κ3) is 2.32. The van der Waals surface area contributed by atoms with Crippen LogP contribution in [0.15, 0.2) is 18.2 Å². The molecule has 0 spiro atoms. The topological polar surface area (TPSA) is 104 Å². The van der Waals surface area contributed by atoms with E-state index in [9.17, 15) is 9.90 Å². The van der Waals surface area contributed by atoms with Crippen molar-refractivity contribution in [3.05, 3.63) is 23.8 Å². The number of aromatic carboxylic acids is 1. The van der Waals surface area contributed by atoms with Gasteiger partial charge in [0, 0.05) is 18.7 Å². The van der Waals surface area contributed by atoms with Crippen LogP contribution in [0, 0.1) is 0 Å². The SMILES string of the molecule is O=C(O)c1cc(-c2nn[nH]n2)ccc1N1CCOCC1. The molecule has 20 heavy (non-hydrogen) atoms. The number of nitrogens with one attached hydrogen (secondary N) is 1. The van der Waals surface area contributed by atoms with Crippen LogP contribution in [0.1, 0.15) is 10.4 Å².